The number of ether oxygens (including phenoxy) is 1. The minimum atomic E-state index is -0.260. The summed E-state index contributed by atoms with van der Waals surface area (Å²) >= 11 is 0. The van der Waals surface area contributed by atoms with Gasteiger partial charge in [0.1, 0.15) is 5.75 Å². The van der Waals surface area contributed by atoms with Crippen LogP contribution in [-0.2, 0) is 6.54 Å². The maximum atomic E-state index is 10.5. The van der Waals surface area contributed by atoms with Crippen molar-refractivity contribution in [3.05, 3.63) is 29.8 Å². The van der Waals surface area contributed by atoms with Crippen LogP contribution < -0.4 is 4.74 Å². The fourth-order valence-electron chi connectivity index (χ4n) is 3.69. The molecule has 0 aliphatic carbocycles. The lowest BCUT2D eigenvalue weighted by atomic mass is 10.1. The number of hydrogen-bond acceptors (Lipinski definition) is 6. The molecule has 0 aromatic heterocycles. The minimum absolute atomic E-state index is 0.157. The van der Waals surface area contributed by atoms with Crippen molar-refractivity contribution in [2.24, 2.45) is 0 Å². The molecule has 2 saturated heterocycles. The van der Waals surface area contributed by atoms with Crippen molar-refractivity contribution in [1.29, 1.82) is 0 Å². The third-order valence-electron chi connectivity index (χ3n) is 5.24. The first kappa shape index (κ1) is 18.6. The van der Waals surface area contributed by atoms with E-state index in [2.05, 4.69) is 33.9 Å². The van der Waals surface area contributed by atoms with Gasteiger partial charge in [0.25, 0.3) is 0 Å². The maximum Gasteiger partial charge on any atom is 0.119 e. The summed E-state index contributed by atoms with van der Waals surface area (Å²) in [5.41, 5.74) is 1.24. The summed E-state index contributed by atoms with van der Waals surface area (Å²) < 4.78 is 5.57. The standard InChI is InChI=1S/C19H31N3O3/c1-20-7-9-22(10-8-20)18-14-21(15-19(18)24)13-16-3-5-17(6-4-16)25-12-2-11-23/h3-6,18-19,23-24H,2,7-15H2,1H3/t18-,19-/m0/s1. The van der Waals surface area contributed by atoms with Gasteiger partial charge in [0.15, 0.2) is 0 Å². The summed E-state index contributed by atoms with van der Waals surface area (Å²) in [6.45, 7) is 7.49. The highest BCUT2D eigenvalue weighted by molar-refractivity contribution is 5.27. The number of likely N-dealkylation sites (N-methyl/N-ethyl adjacent to an activating group) is 1. The average molecular weight is 349 g/mol. The van der Waals surface area contributed by atoms with Crippen LogP contribution in [0.25, 0.3) is 0 Å². The third kappa shape index (κ3) is 5.15. The van der Waals surface area contributed by atoms with Crippen LogP contribution in [0.3, 0.4) is 0 Å². The average Bonchev–Trinajstić information content (AvgIpc) is 2.98. The van der Waals surface area contributed by atoms with Gasteiger partial charge in [-0.3, -0.25) is 9.80 Å². The van der Waals surface area contributed by atoms with E-state index in [9.17, 15) is 5.11 Å². The van der Waals surface area contributed by atoms with Gasteiger partial charge in [0.05, 0.1) is 12.7 Å². The number of piperazine rings is 1. The van der Waals surface area contributed by atoms with Crippen LogP contribution in [0.15, 0.2) is 24.3 Å². The summed E-state index contributed by atoms with van der Waals surface area (Å²) in [7, 11) is 2.16. The van der Waals surface area contributed by atoms with Gasteiger partial charge in [-0.1, -0.05) is 12.1 Å². The molecule has 2 aliphatic heterocycles. The smallest absolute Gasteiger partial charge is 0.119 e. The van der Waals surface area contributed by atoms with E-state index in [1.54, 1.807) is 0 Å². The van der Waals surface area contributed by atoms with Crippen LogP contribution in [0, 0.1) is 0 Å². The number of nitrogens with zero attached hydrogens (tertiary/aromatic N) is 3. The Bertz CT molecular complexity index is 517. The second-order valence-corrected chi connectivity index (χ2v) is 7.24. The number of benzene rings is 1. The second kappa shape index (κ2) is 8.96. The predicted molar refractivity (Wildman–Crippen MR) is 97.8 cm³/mol. The molecular weight excluding hydrogens is 318 g/mol. The zero-order chi connectivity index (χ0) is 17.6. The second-order valence-electron chi connectivity index (χ2n) is 7.24. The molecule has 2 fully saturated rings. The van der Waals surface area contributed by atoms with Crippen LogP contribution in [0.4, 0.5) is 0 Å². The van der Waals surface area contributed by atoms with E-state index in [0.717, 1.165) is 51.6 Å². The lowest BCUT2D eigenvalue weighted by Gasteiger charge is -2.37. The molecule has 3 rings (SSSR count). The van der Waals surface area contributed by atoms with Gasteiger partial charge in [-0.15, -0.1) is 0 Å². The number of β-amino-alcohol motifs (C(OH)–C–C–N with tert-alkyl or cyclic N) is 1. The topological polar surface area (TPSA) is 59.4 Å². The fraction of sp³-hybridized carbons (Fsp3) is 0.684. The number of rotatable bonds is 7. The highest BCUT2D eigenvalue weighted by atomic mass is 16.5. The predicted octanol–water partition coefficient (Wildman–Crippen LogP) is 0.240. The molecule has 0 radical (unpaired) electrons. The third-order valence-corrected chi connectivity index (χ3v) is 5.24. The molecular formula is C19H31N3O3. The van der Waals surface area contributed by atoms with Gasteiger partial charge in [-0.2, -0.15) is 0 Å². The fourth-order valence-corrected chi connectivity index (χ4v) is 3.69. The maximum absolute atomic E-state index is 10.5. The Kier molecular flexibility index (Phi) is 6.67. The summed E-state index contributed by atoms with van der Waals surface area (Å²) in [6.07, 6.45) is 0.394. The van der Waals surface area contributed by atoms with E-state index in [0.29, 0.717) is 13.0 Å². The van der Waals surface area contributed by atoms with E-state index in [4.69, 9.17) is 9.84 Å². The molecule has 25 heavy (non-hydrogen) atoms. The number of hydrogen-bond donors (Lipinski definition) is 2. The normalized spacial score (nSPS) is 26.2. The Morgan fingerprint density at radius 2 is 1.80 bits per heavy atom. The Morgan fingerprint density at radius 1 is 1.08 bits per heavy atom. The lowest BCUT2D eigenvalue weighted by Crippen LogP contribution is -2.52. The van der Waals surface area contributed by atoms with E-state index in [1.807, 2.05) is 12.1 Å². The van der Waals surface area contributed by atoms with E-state index in [1.165, 1.54) is 5.56 Å². The molecule has 0 amide bonds. The summed E-state index contributed by atoms with van der Waals surface area (Å²) in [5.74, 6) is 0.842. The first-order valence-corrected chi connectivity index (χ1v) is 9.31. The molecule has 2 atom stereocenters. The van der Waals surface area contributed by atoms with Crippen molar-refractivity contribution >= 4 is 0 Å². The molecule has 6 nitrogen and oxygen atoms in total. The van der Waals surface area contributed by atoms with Crippen molar-refractivity contribution in [2.75, 3.05) is 59.5 Å². The summed E-state index contributed by atoms with van der Waals surface area (Å²) in [5, 5.41) is 19.3. The highest BCUT2D eigenvalue weighted by Crippen LogP contribution is 2.21. The molecule has 2 aliphatic rings. The largest absolute Gasteiger partial charge is 0.494 e. The van der Waals surface area contributed by atoms with Crippen LogP contribution >= 0.6 is 0 Å². The molecule has 1 aromatic rings. The van der Waals surface area contributed by atoms with Gasteiger partial charge >= 0.3 is 0 Å². The molecule has 1 aromatic carbocycles. The van der Waals surface area contributed by atoms with Gasteiger partial charge in [0.2, 0.25) is 0 Å². The van der Waals surface area contributed by atoms with Crippen molar-refractivity contribution in [2.45, 2.75) is 25.1 Å². The van der Waals surface area contributed by atoms with Crippen LogP contribution in [0.5, 0.6) is 5.75 Å². The van der Waals surface area contributed by atoms with Crippen LogP contribution in [0.1, 0.15) is 12.0 Å². The highest BCUT2D eigenvalue weighted by Gasteiger charge is 2.36. The van der Waals surface area contributed by atoms with E-state index in [-0.39, 0.29) is 18.8 Å². The molecule has 2 N–H and O–H groups in total. The van der Waals surface area contributed by atoms with Crippen molar-refractivity contribution in [1.82, 2.24) is 14.7 Å². The molecule has 0 spiro atoms. The first-order chi connectivity index (χ1) is 12.2. The van der Waals surface area contributed by atoms with Gasteiger partial charge in [0, 0.05) is 64.9 Å². The first-order valence-electron chi connectivity index (χ1n) is 9.31. The summed E-state index contributed by atoms with van der Waals surface area (Å²) in [4.78, 5) is 7.14. The number of likely N-dealkylation sites (tertiary alicyclic amines) is 1. The molecule has 2 heterocycles. The SMILES string of the molecule is CN1CCN([C@H]2CN(Cc3ccc(OCCCO)cc3)C[C@@H]2O)CC1. The molecule has 0 saturated carbocycles. The Balaban J connectivity index is 1.48. The van der Waals surface area contributed by atoms with Crippen LogP contribution in [-0.4, -0.2) is 96.6 Å². The van der Waals surface area contributed by atoms with Crippen molar-refractivity contribution in [3.8, 4) is 5.75 Å². The zero-order valence-corrected chi connectivity index (χ0v) is 15.2. The Labute approximate surface area is 150 Å². The monoisotopic (exact) mass is 349 g/mol. The van der Waals surface area contributed by atoms with Gasteiger partial charge in [-0.05, 0) is 24.7 Å². The molecule has 6 heteroatoms. The number of aliphatic hydroxyl groups is 2. The minimum Gasteiger partial charge on any atom is -0.494 e. The van der Waals surface area contributed by atoms with Crippen molar-refractivity contribution in [3.63, 3.8) is 0 Å². The quantitative estimate of drug-likeness (QED) is 0.688. The van der Waals surface area contributed by atoms with E-state index < -0.39 is 0 Å². The molecule has 140 valence electrons. The van der Waals surface area contributed by atoms with Crippen molar-refractivity contribution < 1.29 is 14.9 Å². The van der Waals surface area contributed by atoms with Crippen LogP contribution in [0.2, 0.25) is 0 Å². The molecule has 0 unspecified atom stereocenters. The zero-order valence-electron chi connectivity index (χ0n) is 15.2. The summed E-state index contributed by atoms with van der Waals surface area (Å²) in [6, 6.07) is 8.40. The number of aliphatic hydroxyl groups excluding tert-OH is 2. The Hall–Kier alpha value is -1.18. The molecule has 0 bridgehead atoms. The van der Waals surface area contributed by atoms with Gasteiger partial charge in [-0.25, -0.2) is 0 Å². The Morgan fingerprint density at radius 3 is 2.48 bits per heavy atom. The van der Waals surface area contributed by atoms with E-state index >= 15 is 0 Å². The lowest BCUT2D eigenvalue weighted by molar-refractivity contribution is 0.0512. The van der Waals surface area contributed by atoms with Gasteiger partial charge < -0.3 is 19.8 Å².